The van der Waals surface area contributed by atoms with Gasteiger partial charge in [0.15, 0.2) is 0 Å². The van der Waals surface area contributed by atoms with Gasteiger partial charge >= 0.3 is 0 Å². The quantitative estimate of drug-likeness (QED) is 0.772. The van der Waals surface area contributed by atoms with E-state index in [1.807, 2.05) is 23.1 Å². The molecule has 4 rings (SSSR count). The van der Waals surface area contributed by atoms with E-state index in [0.717, 1.165) is 49.3 Å². The zero-order valence-corrected chi connectivity index (χ0v) is 18.0. The van der Waals surface area contributed by atoms with Gasteiger partial charge in [-0.15, -0.1) is 0 Å². The zero-order valence-electron chi connectivity index (χ0n) is 18.0. The Kier molecular flexibility index (Phi) is 5.90. The normalized spacial score (nSPS) is 23.6. The summed E-state index contributed by atoms with van der Waals surface area (Å²) < 4.78 is 12.1. The van der Waals surface area contributed by atoms with Crippen molar-refractivity contribution in [3.8, 4) is 11.5 Å². The van der Waals surface area contributed by atoms with Crippen LogP contribution in [0.4, 0.5) is 0 Å². The molecule has 1 amide bonds. The third-order valence-corrected chi connectivity index (χ3v) is 6.17. The van der Waals surface area contributed by atoms with E-state index in [9.17, 15) is 4.79 Å². The predicted octanol–water partition coefficient (Wildman–Crippen LogP) is 3.01. The van der Waals surface area contributed by atoms with E-state index in [1.54, 1.807) is 19.5 Å². The molecule has 1 spiro atoms. The maximum atomic E-state index is 13.3. The molecule has 7 nitrogen and oxygen atoms in total. The molecular weight excluding hydrogens is 380 g/mol. The van der Waals surface area contributed by atoms with Gasteiger partial charge in [-0.2, -0.15) is 0 Å². The fourth-order valence-electron chi connectivity index (χ4n) is 4.68. The smallest absolute Gasteiger partial charge is 0.257 e. The maximum absolute atomic E-state index is 13.3. The van der Waals surface area contributed by atoms with E-state index >= 15 is 0 Å². The fraction of sp³-hybridized carbons (Fsp3) is 0.522. The van der Waals surface area contributed by atoms with E-state index < -0.39 is 0 Å². The number of carbonyl (C=O) groups is 1. The highest BCUT2D eigenvalue weighted by atomic mass is 16.5. The Labute approximate surface area is 178 Å². The lowest BCUT2D eigenvalue weighted by Gasteiger charge is -2.42. The van der Waals surface area contributed by atoms with Crippen LogP contribution in [-0.2, 0) is 6.54 Å². The number of amides is 1. The molecule has 2 aliphatic rings. The molecule has 7 heteroatoms. The average Bonchev–Trinajstić information content (AvgIpc) is 2.91. The van der Waals surface area contributed by atoms with E-state index in [2.05, 4.69) is 29.0 Å². The first-order chi connectivity index (χ1) is 14.5. The number of nitrogens with zero attached hydrogens (tertiary/aromatic N) is 4. The number of benzene rings is 1. The van der Waals surface area contributed by atoms with Crippen LogP contribution in [0, 0.1) is 5.92 Å². The van der Waals surface area contributed by atoms with Gasteiger partial charge in [0.25, 0.3) is 5.91 Å². The Bertz CT molecular complexity index is 879. The van der Waals surface area contributed by atoms with E-state index in [0.29, 0.717) is 24.6 Å². The summed E-state index contributed by atoms with van der Waals surface area (Å²) in [6.45, 7) is 2.13. The summed E-state index contributed by atoms with van der Waals surface area (Å²) >= 11 is 0. The van der Waals surface area contributed by atoms with Crippen LogP contribution in [0.2, 0.25) is 0 Å². The molecule has 1 fully saturated rings. The summed E-state index contributed by atoms with van der Waals surface area (Å²) in [5.41, 5.74) is 1.10. The Hall–Kier alpha value is -2.67. The minimum absolute atomic E-state index is 0.0651. The van der Waals surface area contributed by atoms with Crippen LogP contribution in [0.5, 0.6) is 11.5 Å². The molecule has 2 aromatic rings. The second-order valence-corrected chi connectivity index (χ2v) is 8.75. The highest BCUT2D eigenvalue weighted by molar-refractivity contribution is 5.93. The molecule has 1 aromatic heterocycles. The van der Waals surface area contributed by atoms with Crippen LogP contribution in [-0.4, -0.2) is 65.6 Å². The predicted molar refractivity (Wildman–Crippen MR) is 114 cm³/mol. The highest BCUT2D eigenvalue weighted by Crippen LogP contribution is 2.41. The van der Waals surface area contributed by atoms with Crippen LogP contribution in [0.3, 0.4) is 0 Å². The average molecular weight is 411 g/mol. The summed E-state index contributed by atoms with van der Waals surface area (Å²) in [7, 11) is 5.90. The first-order valence-corrected chi connectivity index (χ1v) is 10.5. The van der Waals surface area contributed by atoms with Gasteiger partial charge in [0, 0.05) is 31.0 Å². The molecule has 2 heterocycles. The molecule has 0 saturated heterocycles. The second kappa shape index (κ2) is 8.60. The van der Waals surface area contributed by atoms with Crippen LogP contribution in [0.15, 0.2) is 36.9 Å². The van der Waals surface area contributed by atoms with Crippen molar-refractivity contribution in [2.24, 2.45) is 5.92 Å². The number of ether oxygens (including phenoxy) is 2. The van der Waals surface area contributed by atoms with Gasteiger partial charge in [-0.3, -0.25) is 4.79 Å². The molecule has 0 N–H and O–H groups in total. The first-order valence-electron chi connectivity index (χ1n) is 10.5. The number of carbonyl (C=O) groups excluding carboxylic acids is 1. The van der Waals surface area contributed by atoms with Crippen molar-refractivity contribution in [1.29, 1.82) is 0 Å². The van der Waals surface area contributed by atoms with Crippen molar-refractivity contribution in [3.63, 3.8) is 0 Å². The topological polar surface area (TPSA) is 67.8 Å². The lowest BCUT2D eigenvalue weighted by molar-refractivity contribution is -0.00726. The van der Waals surface area contributed by atoms with Gasteiger partial charge in [0.1, 0.15) is 23.4 Å². The lowest BCUT2D eigenvalue weighted by Crippen LogP contribution is -2.50. The van der Waals surface area contributed by atoms with E-state index in [-0.39, 0.29) is 11.5 Å². The lowest BCUT2D eigenvalue weighted by atomic mass is 9.78. The van der Waals surface area contributed by atoms with E-state index in [4.69, 9.17) is 9.47 Å². The molecule has 0 bridgehead atoms. The summed E-state index contributed by atoms with van der Waals surface area (Å²) in [5, 5.41) is 0. The van der Waals surface area contributed by atoms with Crippen LogP contribution >= 0.6 is 0 Å². The Morgan fingerprint density at radius 3 is 2.67 bits per heavy atom. The molecule has 0 radical (unpaired) electrons. The fourth-order valence-corrected chi connectivity index (χ4v) is 4.68. The van der Waals surface area contributed by atoms with Gasteiger partial charge in [0.05, 0.1) is 19.2 Å². The molecule has 30 heavy (non-hydrogen) atoms. The van der Waals surface area contributed by atoms with Crippen molar-refractivity contribution < 1.29 is 14.3 Å². The summed E-state index contributed by atoms with van der Waals surface area (Å²) in [6, 6.07) is 5.86. The van der Waals surface area contributed by atoms with Crippen molar-refractivity contribution >= 4 is 5.91 Å². The maximum Gasteiger partial charge on any atom is 0.257 e. The number of hydrogen-bond donors (Lipinski definition) is 0. The molecule has 0 atom stereocenters. The SMILES string of the molecule is COc1ccc2c(c1)CN(C(=O)c1cncnc1)CC1(CCC(CN(C)C)CC1)O2. The third-order valence-electron chi connectivity index (χ3n) is 6.17. The van der Waals surface area contributed by atoms with Crippen molar-refractivity contribution in [2.75, 3.05) is 34.3 Å². The van der Waals surface area contributed by atoms with Crippen molar-refractivity contribution in [1.82, 2.24) is 19.8 Å². The van der Waals surface area contributed by atoms with Crippen LogP contribution in [0.25, 0.3) is 0 Å². The zero-order chi connectivity index (χ0) is 21.1. The minimum Gasteiger partial charge on any atom is -0.497 e. The minimum atomic E-state index is -0.367. The summed E-state index contributed by atoms with van der Waals surface area (Å²) in [5.74, 6) is 2.21. The standard InChI is InChI=1S/C23H30N4O3/c1-26(2)13-17-6-8-23(9-7-17)15-27(22(28)19-11-24-16-25-12-19)14-18-10-20(29-3)4-5-21(18)30-23/h4-5,10-12,16-17H,6-9,13-15H2,1-3H3. The van der Waals surface area contributed by atoms with Crippen molar-refractivity contribution in [2.45, 2.75) is 37.8 Å². The van der Waals surface area contributed by atoms with Gasteiger partial charge < -0.3 is 19.3 Å². The van der Waals surface area contributed by atoms with E-state index in [1.165, 1.54) is 6.33 Å². The Balaban J connectivity index is 1.63. The van der Waals surface area contributed by atoms with Gasteiger partial charge in [-0.05, 0) is 63.9 Å². The molecular formula is C23H30N4O3. The van der Waals surface area contributed by atoms with Crippen molar-refractivity contribution in [3.05, 3.63) is 48.0 Å². The van der Waals surface area contributed by atoms with Gasteiger partial charge in [-0.25, -0.2) is 9.97 Å². The Morgan fingerprint density at radius 1 is 1.27 bits per heavy atom. The highest BCUT2D eigenvalue weighted by Gasteiger charge is 2.42. The molecule has 1 saturated carbocycles. The van der Waals surface area contributed by atoms with Gasteiger partial charge in [0.2, 0.25) is 0 Å². The molecule has 1 aliphatic carbocycles. The second-order valence-electron chi connectivity index (χ2n) is 8.75. The molecule has 1 aliphatic heterocycles. The first kappa shape index (κ1) is 20.6. The molecule has 1 aromatic carbocycles. The van der Waals surface area contributed by atoms with Crippen LogP contribution < -0.4 is 9.47 Å². The van der Waals surface area contributed by atoms with Gasteiger partial charge in [-0.1, -0.05) is 0 Å². The Morgan fingerprint density at radius 2 is 2.00 bits per heavy atom. The third kappa shape index (κ3) is 4.41. The summed E-state index contributed by atoms with van der Waals surface area (Å²) in [6.07, 6.45) is 8.66. The summed E-state index contributed by atoms with van der Waals surface area (Å²) in [4.78, 5) is 25.5. The molecule has 160 valence electrons. The largest absolute Gasteiger partial charge is 0.497 e. The number of hydrogen-bond acceptors (Lipinski definition) is 6. The number of aromatic nitrogens is 2. The molecule has 0 unspecified atom stereocenters. The number of rotatable bonds is 4. The number of methoxy groups -OCH3 is 1. The monoisotopic (exact) mass is 410 g/mol. The van der Waals surface area contributed by atoms with Crippen LogP contribution in [0.1, 0.15) is 41.6 Å². The number of fused-ring (bicyclic) bond motifs is 1.